The van der Waals surface area contributed by atoms with Gasteiger partial charge in [0, 0.05) is 15.7 Å². The summed E-state index contributed by atoms with van der Waals surface area (Å²) in [6.07, 6.45) is 16.8. The predicted octanol–water partition coefficient (Wildman–Crippen LogP) is 6.98. The molecule has 2 aromatic carbocycles. The zero-order valence-corrected chi connectivity index (χ0v) is 21.8. The van der Waals surface area contributed by atoms with E-state index >= 15 is 0 Å². The van der Waals surface area contributed by atoms with Crippen molar-refractivity contribution in [2.75, 3.05) is 0 Å². The normalized spacial score (nSPS) is 17.4. The molecule has 0 nitrogen and oxygen atoms in total. The van der Waals surface area contributed by atoms with Crippen LogP contribution in [0.2, 0.25) is 0 Å². The summed E-state index contributed by atoms with van der Waals surface area (Å²) in [7, 11) is -0.545. The summed E-state index contributed by atoms with van der Waals surface area (Å²) in [6.45, 7) is 11.3. The standard InChI is InChI=1S/C23H26PS.C5H5.Fe/c1-17-11-6-8-13-19(17)24(20-14-9-7-12-18(20)2)21-15-10-16-22(21)25-23(3,4)5;1-2-4-5-3-1;/h6-16H,1-5H3;1-5H;/q;;+2. The van der Waals surface area contributed by atoms with Gasteiger partial charge in [-0.05, 0) is 94.9 Å². The van der Waals surface area contributed by atoms with Crippen molar-refractivity contribution in [2.45, 2.75) is 39.4 Å². The van der Waals surface area contributed by atoms with Crippen LogP contribution in [0.3, 0.4) is 0 Å². The van der Waals surface area contributed by atoms with Gasteiger partial charge in [-0.2, -0.15) is 0 Å². The summed E-state index contributed by atoms with van der Waals surface area (Å²) >= 11 is 1.98. The monoisotopic (exact) mass is 486 g/mol. The second kappa shape index (κ2) is 12.8. The Labute approximate surface area is 208 Å². The third-order valence-electron chi connectivity index (χ3n) is 4.68. The molecule has 3 heteroatoms. The van der Waals surface area contributed by atoms with Crippen molar-refractivity contribution in [3.8, 4) is 0 Å². The molecular weight excluding hydrogens is 455 g/mol. The zero-order chi connectivity index (χ0) is 21.6. The minimum absolute atomic E-state index is 0. The number of aryl methyl sites for hydroxylation is 2. The van der Waals surface area contributed by atoms with Crippen molar-refractivity contribution in [1.29, 1.82) is 0 Å². The Kier molecular flexibility index (Phi) is 11.2. The van der Waals surface area contributed by atoms with E-state index in [4.69, 9.17) is 0 Å². The fraction of sp³-hybridized carbons (Fsp3) is 0.214. The molecule has 4 rings (SSSR count). The minimum atomic E-state index is -0.545. The molecule has 2 fully saturated rings. The minimum Gasteiger partial charge on any atom is -0.146 e. The number of thioether (sulfide) groups is 1. The van der Waals surface area contributed by atoms with Crippen molar-refractivity contribution in [2.24, 2.45) is 0 Å². The van der Waals surface area contributed by atoms with E-state index in [0.29, 0.717) is 0 Å². The van der Waals surface area contributed by atoms with Crippen LogP contribution in [0.15, 0.2) is 48.5 Å². The van der Waals surface area contributed by atoms with Crippen LogP contribution in [0.25, 0.3) is 0 Å². The Morgan fingerprint density at radius 1 is 0.645 bits per heavy atom. The van der Waals surface area contributed by atoms with E-state index in [-0.39, 0.29) is 21.8 Å². The first-order valence-corrected chi connectivity index (χ1v) is 12.6. The van der Waals surface area contributed by atoms with Crippen molar-refractivity contribution in [3.63, 3.8) is 0 Å². The summed E-state index contributed by atoms with van der Waals surface area (Å²) in [4.78, 5) is 0. The zero-order valence-electron chi connectivity index (χ0n) is 18.9. The first kappa shape index (κ1) is 27.0. The molecule has 0 heterocycles. The molecule has 2 aliphatic carbocycles. The number of benzene rings is 2. The fourth-order valence-corrected chi connectivity index (χ4v) is 7.36. The second-order valence-corrected chi connectivity index (χ2v) is 12.3. The summed E-state index contributed by atoms with van der Waals surface area (Å²) < 4.78 is 0.210. The first-order valence-electron chi connectivity index (χ1n) is 10.4. The smallest absolute Gasteiger partial charge is 0.146 e. The van der Waals surface area contributed by atoms with Gasteiger partial charge in [-0.25, -0.2) is 0 Å². The summed E-state index contributed by atoms with van der Waals surface area (Å²) in [5.74, 6) is 0. The molecule has 0 aliphatic heterocycles. The van der Waals surface area contributed by atoms with Crippen LogP contribution in [0, 0.1) is 76.1 Å². The average Bonchev–Trinajstić information content (AvgIpc) is 3.39. The summed E-state index contributed by atoms with van der Waals surface area (Å²) in [6, 6.07) is 17.7. The molecule has 0 amide bonds. The van der Waals surface area contributed by atoms with Gasteiger partial charge in [0.25, 0.3) is 0 Å². The van der Waals surface area contributed by atoms with Gasteiger partial charge in [-0.3, -0.25) is 0 Å². The van der Waals surface area contributed by atoms with Crippen LogP contribution >= 0.6 is 19.7 Å². The Balaban J connectivity index is 0.000000501. The van der Waals surface area contributed by atoms with Crippen molar-refractivity contribution < 1.29 is 17.1 Å². The number of hydrogen-bond donors (Lipinski definition) is 0. The van der Waals surface area contributed by atoms with Gasteiger partial charge >= 0.3 is 17.1 Å². The van der Waals surface area contributed by atoms with Gasteiger partial charge < -0.3 is 0 Å². The van der Waals surface area contributed by atoms with Crippen LogP contribution in [0.5, 0.6) is 0 Å². The molecule has 0 bridgehead atoms. The molecule has 160 valence electrons. The Morgan fingerprint density at radius 2 is 1.10 bits per heavy atom. The van der Waals surface area contributed by atoms with Crippen LogP contribution in [-0.4, -0.2) is 4.75 Å². The molecule has 0 unspecified atom stereocenters. The van der Waals surface area contributed by atoms with Gasteiger partial charge in [0.2, 0.25) is 0 Å². The van der Waals surface area contributed by atoms with E-state index < -0.39 is 7.92 Å². The average molecular weight is 486 g/mol. The molecule has 10 radical (unpaired) electrons. The van der Waals surface area contributed by atoms with E-state index in [1.807, 2.05) is 43.9 Å². The molecule has 0 saturated heterocycles. The molecule has 2 saturated carbocycles. The van der Waals surface area contributed by atoms with Crippen LogP contribution in [0.1, 0.15) is 31.9 Å². The van der Waals surface area contributed by atoms with Gasteiger partial charge in [0.05, 0.1) is 0 Å². The first-order chi connectivity index (χ1) is 14.4. The maximum absolute atomic E-state index is 2.33. The second-order valence-electron chi connectivity index (χ2n) is 8.36. The summed E-state index contributed by atoms with van der Waals surface area (Å²) in [5, 5.41) is 4.35. The number of hydrogen-bond acceptors (Lipinski definition) is 1. The Bertz CT molecular complexity index is 740. The Hall–Kier alpha value is -0.261. The maximum atomic E-state index is 2.33. The third kappa shape index (κ3) is 7.92. The number of rotatable bonds is 4. The van der Waals surface area contributed by atoms with E-state index in [0.717, 1.165) is 0 Å². The van der Waals surface area contributed by atoms with Crippen molar-refractivity contribution in [3.05, 3.63) is 122 Å². The largest absolute Gasteiger partial charge is 2.00 e. The quantitative estimate of drug-likeness (QED) is 0.332. The van der Waals surface area contributed by atoms with Crippen molar-refractivity contribution in [1.82, 2.24) is 0 Å². The van der Waals surface area contributed by atoms with Gasteiger partial charge in [0.15, 0.2) is 0 Å². The van der Waals surface area contributed by atoms with Crippen LogP contribution < -0.4 is 10.6 Å². The van der Waals surface area contributed by atoms with Gasteiger partial charge in [-0.1, -0.05) is 69.3 Å². The molecule has 2 aliphatic rings. The van der Waals surface area contributed by atoms with E-state index in [9.17, 15) is 0 Å². The third-order valence-corrected chi connectivity index (χ3v) is 8.86. The molecule has 0 N–H and O–H groups in total. The fourth-order valence-electron chi connectivity index (χ4n) is 3.33. The van der Waals surface area contributed by atoms with Gasteiger partial charge in [-0.15, -0.1) is 11.8 Å². The van der Waals surface area contributed by atoms with E-state index in [2.05, 4.69) is 102 Å². The summed E-state index contributed by atoms with van der Waals surface area (Å²) in [5.41, 5.74) is 4.24. The molecule has 31 heavy (non-hydrogen) atoms. The topological polar surface area (TPSA) is 0 Å². The molecule has 0 spiro atoms. The van der Waals surface area contributed by atoms with Crippen LogP contribution in [-0.2, 0) is 17.1 Å². The maximum Gasteiger partial charge on any atom is 2.00 e. The molecule has 0 aromatic heterocycles. The molecule has 0 atom stereocenters. The van der Waals surface area contributed by atoms with Crippen molar-refractivity contribution >= 4 is 30.3 Å². The Morgan fingerprint density at radius 3 is 1.52 bits per heavy atom. The van der Waals surface area contributed by atoms with E-state index in [1.54, 1.807) is 0 Å². The molecule has 2 aromatic rings. The van der Waals surface area contributed by atoms with Crippen LogP contribution in [0.4, 0.5) is 0 Å². The van der Waals surface area contributed by atoms with Gasteiger partial charge in [0.1, 0.15) is 0 Å². The SMILES string of the molecule is Cc1ccccc1P([C]1[CH][CH][CH][C]1SC(C)(C)C)c1ccccc1C.[CH]1[CH][CH][CH][CH]1.[Fe+2]. The van der Waals surface area contributed by atoms with E-state index in [1.165, 1.54) is 32.6 Å². The molecular formula is C28H31FePS+2. The predicted molar refractivity (Wildman–Crippen MR) is 137 cm³/mol.